The molecule has 0 saturated carbocycles. The van der Waals surface area contributed by atoms with Gasteiger partial charge in [-0.1, -0.05) is 43.7 Å². The molecule has 4 rings (SSSR count). The molecule has 0 aliphatic rings. The minimum absolute atomic E-state index is 0.293. The Morgan fingerprint density at radius 2 is 1.91 bits per heavy atom. The van der Waals surface area contributed by atoms with Crippen LogP contribution in [0, 0.1) is 0 Å². The van der Waals surface area contributed by atoms with E-state index in [1.54, 1.807) is 30.4 Å². The zero-order valence-corrected chi connectivity index (χ0v) is 18.3. The number of ether oxygens (including phenoxy) is 2. The lowest BCUT2D eigenvalue weighted by atomic mass is 10.0. The van der Waals surface area contributed by atoms with Gasteiger partial charge < -0.3 is 14.0 Å². The predicted molar refractivity (Wildman–Crippen MR) is 122 cm³/mol. The number of methoxy groups -OCH3 is 1. The lowest BCUT2D eigenvalue weighted by Crippen LogP contribution is -2.08. The van der Waals surface area contributed by atoms with E-state index in [4.69, 9.17) is 14.6 Å². The maximum atomic E-state index is 12.7. The minimum Gasteiger partial charge on any atom is -0.462 e. The molecule has 32 heavy (non-hydrogen) atoms. The summed E-state index contributed by atoms with van der Waals surface area (Å²) in [6.07, 6.45) is 7.23. The molecule has 0 fully saturated rings. The van der Waals surface area contributed by atoms with Crippen LogP contribution in [0.1, 0.15) is 30.1 Å². The van der Waals surface area contributed by atoms with Gasteiger partial charge in [0, 0.05) is 36.3 Å². The van der Waals surface area contributed by atoms with Crippen molar-refractivity contribution in [1.29, 1.82) is 0 Å². The predicted octanol–water partition coefficient (Wildman–Crippen LogP) is 4.96. The second-order valence-corrected chi connectivity index (χ2v) is 7.38. The summed E-state index contributed by atoms with van der Waals surface area (Å²) in [5, 5.41) is 4.73. The second kappa shape index (κ2) is 10.1. The monoisotopic (exact) mass is 430 g/mol. The average Bonchev–Trinajstić information content (AvgIpc) is 3.50. The maximum Gasteiger partial charge on any atom is 0.338 e. The van der Waals surface area contributed by atoms with Crippen LogP contribution in [0.2, 0.25) is 0 Å². The second-order valence-electron chi connectivity index (χ2n) is 7.38. The van der Waals surface area contributed by atoms with Gasteiger partial charge in [-0.05, 0) is 30.7 Å². The third kappa shape index (κ3) is 4.63. The fourth-order valence-corrected chi connectivity index (χ4v) is 3.49. The number of benzene rings is 2. The lowest BCUT2D eigenvalue weighted by molar-refractivity contribution is 0.0500. The molecule has 7 heteroatoms. The highest BCUT2D eigenvalue weighted by Crippen LogP contribution is 2.29. The van der Waals surface area contributed by atoms with Gasteiger partial charge in [0.1, 0.15) is 6.73 Å². The van der Waals surface area contributed by atoms with Crippen LogP contribution >= 0.6 is 0 Å². The minimum atomic E-state index is -0.332. The molecule has 0 aliphatic carbocycles. The number of aromatic nitrogens is 4. The number of hydrogen-bond acceptors (Lipinski definition) is 5. The van der Waals surface area contributed by atoms with Crippen molar-refractivity contribution in [2.75, 3.05) is 13.7 Å². The standard InChI is InChI=1S/C25H26N4O3/c1-3-4-15-32-25(30)22-8-6-5-7-21(22)23-16-24(29(27-23)18-31-2)19-9-11-20(12-10-19)28-14-13-26-17-28/h5-14,16-17H,3-4,15,18H2,1-2H3. The fraction of sp³-hybridized carbons (Fsp3) is 0.240. The molecule has 0 unspecified atom stereocenters. The van der Waals surface area contributed by atoms with Gasteiger partial charge in [0.05, 0.1) is 29.9 Å². The molecule has 2 aromatic carbocycles. The quantitative estimate of drug-likeness (QED) is 0.277. The molecular weight excluding hydrogens is 404 g/mol. The molecule has 0 saturated heterocycles. The topological polar surface area (TPSA) is 71.2 Å². The molecule has 0 spiro atoms. The Kier molecular flexibility index (Phi) is 6.77. The van der Waals surface area contributed by atoms with E-state index in [0.29, 0.717) is 24.6 Å². The van der Waals surface area contributed by atoms with Crippen LogP contribution < -0.4 is 0 Å². The SMILES string of the molecule is CCCCOC(=O)c1ccccc1-c1cc(-c2ccc(-n3ccnc3)cc2)n(COC)n1. The number of rotatable bonds is 9. The van der Waals surface area contributed by atoms with Crippen LogP contribution in [0.5, 0.6) is 0 Å². The van der Waals surface area contributed by atoms with E-state index in [0.717, 1.165) is 35.3 Å². The highest BCUT2D eigenvalue weighted by molar-refractivity contribution is 5.97. The summed E-state index contributed by atoms with van der Waals surface area (Å²) in [6, 6.07) is 17.5. The molecule has 0 aliphatic heterocycles. The van der Waals surface area contributed by atoms with E-state index in [1.807, 2.05) is 59.3 Å². The Labute approximate surface area is 187 Å². The highest BCUT2D eigenvalue weighted by atomic mass is 16.5. The summed E-state index contributed by atoms with van der Waals surface area (Å²) >= 11 is 0. The zero-order valence-electron chi connectivity index (χ0n) is 18.3. The summed E-state index contributed by atoms with van der Waals surface area (Å²) in [5.74, 6) is -0.332. The zero-order chi connectivity index (χ0) is 22.3. The average molecular weight is 431 g/mol. The number of nitrogens with zero attached hydrogens (tertiary/aromatic N) is 4. The van der Waals surface area contributed by atoms with E-state index >= 15 is 0 Å². The number of imidazole rings is 1. The number of hydrogen-bond donors (Lipinski definition) is 0. The van der Waals surface area contributed by atoms with Gasteiger partial charge in [-0.2, -0.15) is 5.10 Å². The highest BCUT2D eigenvalue weighted by Gasteiger charge is 2.18. The van der Waals surface area contributed by atoms with Crippen LogP contribution in [0.25, 0.3) is 28.2 Å². The Morgan fingerprint density at radius 1 is 1.09 bits per heavy atom. The Morgan fingerprint density at radius 3 is 2.62 bits per heavy atom. The Balaban J connectivity index is 1.68. The van der Waals surface area contributed by atoms with Crippen molar-refractivity contribution in [2.45, 2.75) is 26.5 Å². The molecular formula is C25H26N4O3. The Hall–Kier alpha value is -3.71. The lowest BCUT2D eigenvalue weighted by Gasteiger charge is -2.08. The molecule has 0 bridgehead atoms. The van der Waals surface area contributed by atoms with Crippen LogP contribution in [0.15, 0.2) is 73.3 Å². The third-order valence-electron chi connectivity index (χ3n) is 5.15. The van der Waals surface area contributed by atoms with Gasteiger partial charge in [-0.3, -0.25) is 0 Å². The summed E-state index contributed by atoms with van der Waals surface area (Å²) in [6.45, 7) is 2.77. The van der Waals surface area contributed by atoms with Gasteiger partial charge in [-0.25, -0.2) is 14.5 Å². The first kappa shape index (κ1) is 21.5. The first-order valence-corrected chi connectivity index (χ1v) is 10.6. The largest absolute Gasteiger partial charge is 0.462 e. The normalized spacial score (nSPS) is 10.9. The van der Waals surface area contributed by atoms with Gasteiger partial charge in [0.25, 0.3) is 0 Å². The van der Waals surface area contributed by atoms with E-state index < -0.39 is 0 Å². The van der Waals surface area contributed by atoms with Crippen molar-refractivity contribution in [3.8, 4) is 28.2 Å². The van der Waals surface area contributed by atoms with Crippen LogP contribution in [0.4, 0.5) is 0 Å². The van der Waals surface area contributed by atoms with Crippen molar-refractivity contribution in [3.63, 3.8) is 0 Å². The number of carbonyl (C=O) groups is 1. The van der Waals surface area contributed by atoms with Crippen molar-refractivity contribution >= 4 is 5.97 Å². The van der Waals surface area contributed by atoms with Crippen LogP contribution in [-0.2, 0) is 16.2 Å². The molecule has 2 aromatic heterocycles. The molecule has 0 radical (unpaired) electrons. The number of carbonyl (C=O) groups excluding carboxylic acids is 1. The van der Waals surface area contributed by atoms with Crippen molar-refractivity contribution < 1.29 is 14.3 Å². The molecule has 0 amide bonds. The number of esters is 1. The van der Waals surface area contributed by atoms with E-state index in [9.17, 15) is 4.79 Å². The van der Waals surface area contributed by atoms with Crippen LogP contribution in [-0.4, -0.2) is 39.0 Å². The smallest absolute Gasteiger partial charge is 0.338 e. The van der Waals surface area contributed by atoms with Crippen molar-refractivity contribution in [2.24, 2.45) is 0 Å². The van der Waals surface area contributed by atoms with Gasteiger partial charge in [-0.15, -0.1) is 0 Å². The molecule has 4 aromatic rings. The summed E-state index contributed by atoms with van der Waals surface area (Å²) in [7, 11) is 1.63. The van der Waals surface area contributed by atoms with Gasteiger partial charge in [0.15, 0.2) is 0 Å². The molecule has 164 valence electrons. The molecule has 2 heterocycles. The van der Waals surface area contributed by atoms with Crippen molar-refractivity contribution in [1.82, 2.24) is 19.3 Å². The first-order chi connectivity index (χ1) is 15.7. The molecule has 0 atom stereocenters. The summed E-state index contributed by atoms with van der Waals surface area (Å²) < 4.78 is 14.5. The molecule has 7 nitrogen and oxygen atoms in total. The summed E-state index contributed by atoms with van der Waals surface area (Å²) in [5.41, 5.74) is 4.84. The van der Waals surface area contributed by atoms with E-state index in [1.165, 1.54) is 0 Å². The molecule has 0 N–H and O–H groups in total. The van der Waals surface area contributed by atoms with E-state index in [-0.39, 0.29) is 5.97 Å². The third-order valence-corrected chi connectivity index (χ3v) is 5.15. The van der Waals surface area contributed by atoms with Gasteiger partial charge >= 0.3 is 5.97 Å². The maximum absolute atomic E-state index is 12.7. The fourth-order valence-electron chi connectivity index (χ4n) is 3.49. The Bertz CT molecular complexity index is 1160. The first-order valence-electron chi connectivity index (χ1n) is 10.6. The number of unbranched alkanes of at least 4 members (excludes halogenated alkanes) is 1. The van der Waals surface area contributed by atoms with Gasteiger partial charge in [0.2, 0.25) is 0 Å². The van der Waals surface area contributed by atoms with Crippen LogP contribution in [0.3, 0.4) is 0 Å². The van der Waals surface area contributed by atoms with Crippen molar-refractivity contribution in [3.05, 3.63) is 78.9 Å². The van der Waals surface area contributed by atoms with E-state index in [2.05, 4.69) is 11.9 Å². The summed E-state index contributed by atoms with van der Waals surface area (Å²) in [4.78, 5) is 16.8.